The number of fused-ring (bicyclic) bond motifs is 2. The van der Waals surface area contributed by atoms with Crippen molar-refractivity contribution in [3.63, 3.8) is 0 Å². The van der Waals surface area contributed by atoms with Crippen LogP contribution in [0.4, 0.5) is 26.3 Å². The molecule has 0 spiro atoms. The van der Waals surface area contributed by atoms with E-state index < -0.39 is 52.6 Å². The first kappa shape index (κ1) is 27.7. The normalized spacial score (nSPS) is 24.9. The zero-order valence-corrected chi connectivity index (χ0v) is 21.0. The van der Waals surface area contributed by atoms with Gasteiger partial charge < -0.3 is 4.74 Å². The summed E-state index contributed by atoms with van der Waals surface area (Å²) in [4.78, 5) is 15.4. The molecule has 2 fully saturated rings. The van der Waals surface area contributed by atoms with Crippen LogP contribution in [0.25, 0.3) is 0 Å². The SMILES string of the molecule is N#CC1CC2(c3ccccc3)C(OC(=O)c3cc(C(F)(F)F)cc(C(F)(F)F)c3)CCC1N2Cc1ccccc1. The number of esters is 1. The molecule has 4 atom stereocenters. The molecule has 0 amide bonds. The molecule has 2 heterocycles. The fourth-order valence-corrected chi connectivity index (χ4v) is 6.13. The molecule has 0 radical (unpaired) electrons. The average molecular weight is 559 g/mol. The molecule has 10 heteroatoms. The van der Waals surface area contributed by atoms with Gasteiger partial charge >= 0.3 is 18.3 Å². The number of hydrogen-bond donors (Lipinski definition) is 0. The van der Waals surface area contributed by atoms with Crippen LogP contribution in [0.3, 0.4) is 0 Å². The molecule has 2 aliphatic rings. The van der Waals surface area contributed by atoms with Gasteiger partial charge in [0.2, 0.25) is 0 Å². The van der Waals surface area contributed by atoms with Gasteiger partial charge in [-0.2, -0.15) is 31.6 Å². The number of nitriles is 1. The van der Waals surface area contributed by atoms with Gasteiger partial charge in [-0.1, -0.05) is 60.7 Å². The Balaban J connectivity index is 1.57. The summed E-state index contributed by atoms with van der Waals surface area (Å²) in [5.74, 6) is -1.70. The average Bonchev–Trinajstić information content (AvgIpc) is 3.14. The molecule has 4 unspecified atom stereocenters. The van der Waals surface area contributed by atoms with Crippen molar-refractivity contribution in [3.8, 4) is 6.07 Å². The molecular formula is C30H24F6N2O2. The summed E-state index contributed by atoms with van der Waals surface area (Å²) < 4.78 is 86.5. The lowest BCUT2D eigenvalue weighted by Gasteiger charge is -2.49. The number of hydrogen-bond acceptors (Lipinski definition) is 4. The first-order valence-electron chi connectivity index (χ1n) is 12.7. The third-order valence-electron chi connectivity index (χ3n) is 7.87. The monoisotopic (exact) mass is 558 g/mol. The molecule has 5 rings (SSSR count). The molecule has 3 aromatic rings. The van der Waals surface area contributed by atoms with E-state index >= 15 is 0 Å². The zero-order chi connectivity index (χ0) is 28.7. The lowest BCUT2D eigenvalue weighted by Crippen LogP contribution is -2.57. The minimum absolute atomic E-state index is 0.0243. The topological polar surface area (TPSA) is 53.3 Å². The Morgan fingerprint density at radius 3 is 2.02 bits per heavy atom. The van der Waals surface area contributed by atoms with Crippen molar-refractivity contribution in [1.29, 1.82) is 5.26 Å². The Morgan fingerprint density at radius 2 is 1.48 bits per heavy atom. The number of piperidine rings is 1. The molecule has 4 nitrogen and oxygen atoms in total. The van der Waals surface area contributed by atoms with Crippen molar-refractivity contribution in [2.75, 3.05) is 0 Å². The Hall–Kier alpha value is -3.84. The molecule has 0 N–H and O–H groups in total. The fourth-order valence-electron chi connectivity index (χ4n) is 6.13. The van der Waals surface area contributed by atoms with Crippen molar-refractivity contribution >= 4 is 5.97 Å². The smallest absolute Gasteiger partial charge is 0.416 e. The molecule has 0 saturated carbocycles. The first-order valence-corrected chi connectivity index (χ1v) is 12.7. The summed E-state index contributed by atoms with van der Waals surface area (Å²) in [6.45, 7) is 0.411. The standard InChI is InChI=1S/C30H24F6N2O2/c31-29(32,33)23-13-20(14-24(15-23)30(34,35)36)27(39)40-26-12-11-25-21(17-37)16-28(26,22-9-5-2-6-10-22)38(25)18-19-7-3-1-4-8-19/h1-10,13-15,21,25-26H,11-12,16,18H2. The summed E-state index contributed by atoms with van der Waals surface area (Å²) in [5.41, 5.74) is -3.32. The van der Waals surface area contributed by atoms with Crippen LogP contribution in [-0.2, 0) is 29.2 Å². The molecular weight excluding hydrogens is 534 g/mol. The highest BCUT2D eigenvalue weighted by atomic mass is 19.4. The van der Waals surface area contributed by atoms with Crippen LogP contribution in [0.1, 0.15) is 51.9 Å². The van der Waals surface area contributed by atoms with Crippen LogP contribution >= 0.6 is 0 Å². The second-order valence-corrected chi connectivity index (χ2v) is 10.2. The van der Waals surface area contributed by atoms with E-state index in [-0.39, 0.29) is 12.1 Å². The molecule has 2 bridgehead atoms. The van der Waals surface area contributed by atoms with Crippen LogP contribution in [-0.4, -0.2) is 23.0 Å². The van der Waals surface area contributed by atoms with Crippen molar-refractivity contribution < 1.29 is 35.9 Å². The molecule has 2 aliphatic heterocycles. The maximum absolute atomic E-state index is 13.4. The van der Waals surface area contributed by atoms with E-state index in [2.05, 4.69) is 11.0 Å². The van der Waals surface area contributed by atoms with Crippen LogP contribution < -0.4 is 0 Å². The molecule has 3 aromatic carbocycles. The summed E-state index contributed by atoms with van der Waals surface area (Å²) in [7, 11) is 0. The van der Waals surface area contributed by atoms with Crippen molar-refractivity contribution in [2.45, 2.75) is 55.8 Å². The quantitative estimate of drug-likeness (QED) is 0.243. The van der Waals surface area contributed by atoms with E-state index in [0.29, 0.717) is 37.9 Å². The predicted octanol–water partition coefficient (Wildman–Crippen LogP) is 7.35. The minimum atomic E-state index is -5.10. The van der Waals surface area contributed by atoms with Crippen LogP contribution in [0.15, 0.2) is 78.9 Å². The molecule has 0 aliphatic carbocycles. The highest BCUT2D eigenvalue weighted by Crippen LogP contribution is 2.55. The van der Waals surface area contributed by atoms with E-state index in [4.69, 9.17) is 4.74 Å². The number of carbonyl (C=O) groups excluding carboxylic acids is 1. The van der Waals surface area contributed by atoms with Gasteiger partial charge in [0.05, 0.1) is 34.2 Å². The maximum atomic E-state index is 13.4. The van der Waals surface area contributed by atoms with E-state index in [9.17, 15) is 36.4 Å². The number of nitrogens with zero attached hydrogens (tertiary/aromatic N) is 2. The van der Waals surface area contributed by atoms with Gasteiger partial charge in [-0.15, -0.1) is 0 Å². The molecule has 2 saturated heterocycles. The van der Waals surface area contributed by atoms with E-state index in [0.717, 1.165) is 11.1 Å². The van der Waals surface area contributed by atoms with Crippen molar-refractivity contribution in [1.82, 2.24) is 4.90 Å². The lowest BCUT2D eigenvalue weighted by molar-refractivity contribution is -0.143. The largest absolute Gasteiger partial charge is 0.456 e. The number of alkyl halides is 6. The fraction of sp³-hybridized carbons (Fsp3) is 0.333. The van der Waals surface area contributed by atoms with E-state index in [1.807, 2.05) is 42.5 Å². The van der Waals surface area contributed by atoms with Gasteiger partial charge in [0.25, 0.3) is 0 Å². The van der Waals surface area contributed by atoms with Gasteiger partial charge in [0, 0.05) is 12.6 Å². The lowest BCUT2D eigenvalue weighted by atomic mass is 9.78. The number of halogens is 6. The Labute approximate surface area is 226 Å². The van der Waals surface area contributed by atoms with Crippen LogP contribution in [0.5, 0.6) is 0 Å². The van der Waals surface area contributed by atoms with Gasteiger partial charge in [0.15, 0.2) is 0 Å². The minimum Gasteiger partial charge on any atom is -0.456 e. The molecule has 0 aromatic heterocycles. The van der Waals surface area contributed by atoms with Crippen LogP contribution in [0.2, 0.25) is 0 Å². The number of carbonyl (C=O) groups is 1. The summed E-state index contributed by atoms with van der Waals surface area (Å²) in [6, 6.07) is 21.5. The zero-order valence-electron chi connectivity index (χ0n) is 21.0. The van der Waals surface area contributed by atoms with Crippen molar-refractivity contribution in [3.05, 3.63) is 107 Å². The van der Waals surface area contributed by atoms with E-state index in [1.54, 1.807) is 18.2 Å². The number of rotatable bonds is 5. The predicted molar refractivity (Wildman–Crippen MR) is 132 cm³/mol. The van der Waals surface area contributed by atoms with Crippen molar-refractivity contribution in [2.24, 2.45) is 5.92 Å². The van der Waals surface area contributed by atoms with Gasteiger partial charge in [-0.25, -0.2) is 4.79 Å². The number of benzene rings is 3. The summed E-state index contributed by atoms with van der Waals surface area (Å²) in [6.07, 6.45) is -10.1. The van der Waals surface area contributed by atoms with E-state index in [1.165, 1.54) is 0 Å². The van der Waals surface area contributed by atoms with Gasteiger partial charge in [-0.05, 0) is 48.6 Å². The Kier molecular flexibility index (Phi) is 7.13. The van der Waals surface area contributed by atoms with Gasteiger partial charge in [-0.3, -0.25) is 4.90 Å². The Bertz CT molecular complexity index is 1390. The third kappa shape index (κ3) is 5.06. The molecule has 40 heavy (non-hydrogen) atoms. The number of ether oxygens (including phenoxy) is 1. The second kappa shape index (κ2) is 10.3. The Morgan fingerprint density at radius 1 is 0.900 bits per heavy atom. The third-order valence-corrected chi connectivity index (χ3v) is 7.87. The highest BCUT2D eigenvalue weighted by Gasteiger charge is 2.60. The maximum Gasteiger partial charge on any atom is 0.416 e. The second-order valence-electron chi connectivity index (χ2n) is 10.2. The molecule has 208 valence electrons. The van der Waals surface area contributed by atoms with Crippen LogP contribution in [0, 0.1) is 17.2 Å². The summed E-state index contributed by atoms with van der Waals surface area (Å²) >= 11 is 0. The first-order chi connectivity index (χ1) is 18.9. The summed E-state index contributed by atoms with van der Waals surface area (Å²) in [5, 5.41) is 10.0. The van der Waals surface area contributed by atoms with Gasteiger partial charge in [0.1, 0.15) is 6.10 Å². The highest BCUT2D eigenvalue weighted by molar-refractivity contribution is 5.90.